The van der Waals surface area contributed by atoms with Crippen molar-refractivity contribution in [1.29, 1.82) is 0 Å². The zero-order valence-corrected chi connectivity index (χ0v) is 12.2. The molecule has 2 aromatic rings. The minimum Gasteiger partial charge on any atom is -0.348 e. The number of halogens is 2. The quantitative estimate of drug-likeness (QED) is 0.942. The van der Waals surface area contributed by atoms with Crippen molar-refractivity contribution in [2.24, 2.45) is 7.05 Å². The van der Waals surface area contributed by atoms with E-state index in [-0.39, 0.29) is 23.8 Å². The Morgan fingerprint density at radius 1 is 1.38 bits per heavy atom. The Balaban J connectivity index is 2.17. The van der Waals surface area contributed by atoms with E-state index in [0.29, 0.717) is 5.56 Å². The van der Waals surface area contributed by atoms with Crippen molar-refractivity contribution in [3.63, 3.8) is 0 Å². The van der Waals surface area contributed by atoms with Gasteiger partial charge in [-0.05, 0) is 17.5 Å². The molecule has 4 nitrogen and oxygen atoms in total. The number of amides is 1. The Kier molecular flexibility index (Phi) is 4.35. The molecule has 0 radical (unpaired) electrons. The summed E-state index contributed by atoms with van der Waals surface area (Å²) in [7, 11) is 1.40. The molecular weight excluding hydrogens is 276 g/mol. The molecule has 0 aliphatic carbocycles. The Bertz CT molecular complexity index is 665. The largest absolute Gasteiger partial charge is 0.348 e. The summed E-state index contributed by atoms with van der Waals surface area (Å²) >= 11 is 0. The Hall–Kier alpha value is -2.24. The van der Waals surface area contributed by atoms with E-state index in [9.17, 15) is 13.6 Å². The lowest BCUT2D eigenvalue weighted by atomic mass is 9.96. The summed E-state index contributed by atoms with van der Waals surface area (Å²) < 4.78 is 28.5. The summed E-state index contributed by atoms with van der Waals surface area (Å²) in [6.07, 6.45) is 1.15. The highest BCUT2D eigenvalue weighted by molar-refractivity contribution is 5.93. The van der Waals surface area contributed by atoms with Crippen molar-refractivity contribution < 1.29 is 13.6 Å². The molecule has 0 bridgehead atoms. The average Bonchev–Trinajstić information content (AvgIpc) is 2.77. The van der Waals surface area contributed by atoms with Gasteiger partial charge in [0.1, 0.15) is 11.4 Å². The smallest absolute Gasteiger partial charge is 0.257 e. The van der Waals surface area contributed by atoms with E-state index in [2.05, 4.69) is 10.4 Å². The first-order chi connectivity index (χ1) is 9.91. The summed E-state index contributed by atoms with van der Waals surface area (Å²) in [5, 5.41) is 6.20. The number of hydrogen-bond acceptors (Lipinski definition) is 2. The maximum atomic E-state index is 13.9. The summed E-state index contributed by atoms with van der Waals surface area (Å²) in [6.45, 7) is 3.90. The van der Waals surface area contributed by atoms with E-state index in [1.807, 2.05) is 19.9 Å². The van der Waals surface area contributed by atoms with Crippen LogP contribution in [-0.2, 0) is 13.6 Å². The van der Waals surface area contributed by atoms with Crippen LogP contribution in [0.1, 0.15) is 41.3 Å². The van der Waals surface area contributed by atoms with Gasteiger partial charge in [-0.3, -0.25) is 4.79 Å². The van der Waals surface area contributed by atoms with Crippen molar-refractivity contribution in [2.75, 3.05) is 0 Å². The second kappa shape index (κ2) is 6.03. The van der Waals surface area contributed by atoms with Crippen LogP contribution in [0.3, 0.4) is 0 Å². The number of nitrogens with one attached hydrogen (secondary N) is 1. The third-order valence-corrected chi connectivity index (χ3v) is 3.31. The van der Waals surface area contributed by atoms with Crippen molar-refractivity contribution in [1.82, 2.24) is 15.1 Å². The molecule has 0 aliphatic rings. The van der Waals surface area contributed by atoms with Crippen molar-refractivity contribution in [2.45, 2.75) is 26.3 Å². The Morgan fingerprint density at radius 2 is 2.10 bits per heavy atom. The van der Waals surface area contributed by atoms with Crippen LogP contribution in [0.4, 0.5) is 8.78 Å². The van der Waals surface area contributed by atoms with E-state index in [0.717, 1.165) is 16.4 Å². The van der Waals surface area contributed by atoms with E-state index < -0.39 is 11.9 Å². The monoisotopic (exact) mass is 293 g/mol. The Morgan fingerprint density at radius 3 is 2.67 bits per heavy atom. The number of carbonyl (C=O) groups is 1. The maximum Gasteiger partial charge on any atom is 0.257 e. The molecule has 112 valence electrons. The van der Waals surface area contributed by atoms with E-state index in [4.69, 9.17) is 0 Å². The first-order valence-corrected chi connectivity index (χ1v) is 6.64. The second-order valence-electron chi connectivity index (χ2n) is 5.12. The summed E-state index contributed by atoms with van der Waals surface area (Å²) in [5.74, 6) is -1.58. The number of carbonyl (C=O) groups excluding carboxylic acids is 1. The van der Waals surface area contributed by atoms with Gasteiger partial charge in [0.05, 0.1) is 6.20 Å². The zero-order valence-electron chi connectivity index (χ0n) is 12.2. The van der Waals surface area contributed by atoms with Crippen LogP contribution in [0.15, 0.2) is 24.4 Å². The zero-order chi connectivity index (χ0) is 15.6. The molecule has 0 unspecified atom stereocenters. The number of aromatic nitrogens is 2. The lowest BCUT2D eigenvalue weighted by molar-refractivity contribution is 0.0946. The third kappa shape index (κ3) is 3.09. The molecular formula is C15H17F2N3O. The molecule has 2 rings (SSSR count). The molecule has 0 fully saturated rings. The van der Waals surface area contributed by atoms with Gasteiger partial charge in [0.15, 0.2) is 0 Å². The van der Waals surface area contributed by atoms with Crippen LogP contribution < -0.4 is 5.32 Å². The van der Waals surface area contributed by atoms with Crippen LogP contribution in [0, 0.1) is 11.8 Å². The maximum absolute atomic E-state index is 13.9. The van der Waals surface area contributed by atoms with Gasteiger partial charge in [-0.1, -0.05) is 26.0 Å². The van der Waals surface area contributed by atoms with Gasteiger partial charge in [-0.2, -0.15) is 9.49 Å². The topological polar surface area (TPSA) is 46.9 Å². The van der Waals surface area contributed by atoms with Gasteiger partial charge in [0.2, 0.25) is 5.95 Å². The highest BCUT2D eigenvalue weighted by Gasteiger charge is 2.17. The summed E-state index contributed by atoms with van der Waals surface area (Å²) in [5.41, 5.74) is 1.09. The number of nitrogens with zero attached hydrogens (tertiary/aromatic N) is 2. The fraction of sp³-hybridized carbons (Fsp3) is 0.333. The molecule has 1 N–H and O–H groups in total. The van der Waals surface area contributed by atoms with Gasteiger partial charge in [-0.25, -0.2) is 9.07 Å². The number of aryl methyl sites for hydroxylation is 1. The Labute approximate surface area is 121 Å². The molecule has 1 amide bonds. The summed E-state index contributed by atoms with van der Waals surface area (Å²) in [4.78, 5) is 11.9. The van der Waals surface area contributed by atoms with Gasteiger partial charge in [0, 0.05) is 19.2 Å². The SMILES string of the molecule is CC(C)c1cccc(F)c1CNC(=O)c1cnn(C)c1F. The van der Waals surface area contributed by atoms with Crippen molar-refractivity contribution in [3.05, 3.63) is 52.9 Å². The fourth-order valence-electron chi connectivity index (χ4n) is 2.14. The minimum absolute atomic E-state index is 0.00730. The number of benzene rings is 1. The highest BCUT2D eigenvalue weighted by Crippen LogP contribution is 2.22. The van der Waals surface area contributed by atoms with Crippen molar-refractivity contribution >= 4 is 5.91 Å². The van der Waals surface area contributed by atoms with E-state index in [1.165, 1.54) is 13.1 Å². The molecule has 0 saturated heterocycles. The standard InChI is InChI=1S/C15H17F2N3O/c1-9(2)10-5-4-6-13(16)11(10)7-18-15(21)12-8-19-20(3)14(12)17/h4-6,8-9H,7H2,1-3H3,(H,18,21). The van der Waals surface area contributed by atoms with Crippen molar-refractivity contribution in [3.8, 4) is 0 Å². The predicted molar refractivity (Wildman–Crippen MR) is 74.8 cm³/mol. The van der Waals surface area contributed by atoms with Gasteiger partial charge >= 0.3 is 0 Å². The lowest BCUT2D eigenvalue weighted by Crippen LogP contribution is -2.25. The first-order valence-electron chi connectivity index (χ1n) is 6.64. The number of rotatable bonds is 4. The minimum atomic E-state index is -0.717. The molecule has 1 aromatic heterocycles. The highest BCUT2D eigenvalue weighted by atomic mass is 19.1. The second-order valence-corrected chi connectivity index (χ2v) is 5.12. The van der Waals surface area contributed by atoms with E-state index >= 15 is 0 Å². The fourth-order valence-corrected chi connectivity index (χ4v) is 2.14. The summed E-state index contributed by atoms with van der Waals surface area (Å²) in [6, 6.07) is 4.80. The van der Waals surface area contributed by atoms with E-state index in [1.54, 1.807) is 6.07 Å². The number of hydrogen-bond donors (Lipinski definition) is 1. The molecule has 0 spiro atoms. The van der Waals surface area contributed by atoms with Crippen LogP contribution in [0.5, 0.6) is 0 Å². The predicted octanol–water partition coefficient (Wildman–Crippen LogP) is 2.75. The van der Waals surface area contributed by atoms with Crippen LogP contribution >= 0.6 is 0 Å². The van der Waals surface area contributed by atoms with Gasteiger partial charge in [0.25, 0.3) is 5.91 Å². The van der Waals surface area contributed by atoms with Gasteiger partial charge < -0.3 is 5.32 Å². The molecule has 0 aliphatic heterocycles. The molecule has 0 saturated carbocycles. The lowest BCUT2D eigenvalue weighted by Gasteiger charge is -2.14. The average molecular weight is 293 g/mol. The first kappa shape index (κ1) is 15.2. The molecule has 0 atom stereocenters. The molecule has 1 heterocycles. The molecule has 1 aromatic carbocycles. The molecule has 6 heteroatoms. The van der Waals surface area contributed by atoms with Gasteiger partial charge in [-0.15, -0.1) is 0 Å². The normalized spacial score (nSPS) is 11.0. The van der Waals surface area contributed by atoms with Crippen LogP contribution in [0.2, 0.25) is 0 Å². The van der Waals surface area contributed by atoms with Crippen LogP contribution in [-0.4, -0.2) is 15.7 Å². The van der Waals surface area contributed by atoms with Crippen LogP contribution in [0.25, 0.3) is 0 Å². The molecule has 21 heavy (non-hydrogen) atoms. The third-order valence-electron chi connectivity index (χ3n) is 3.31.